The summed E-state index contributed by atoms with van der Waals surface area (Å²) in [6, 6.07) is 71.7. The number of benzene rings is 10. The topological polar surface area (TPSA) is 231 Å². The normalized spacial score (nSPS) is 20.0. The van der Waals surface area contributed by atoms with E-state index in [9.17, 15) is 19.2 Å². The second-order valence-electron chi connectivity index (χ2n) is 42.9. The van der Waals surface area contributed by atoms with Gasteiger partial charge in [-0.05, 0) is 334 Å². The number of carbonyl (C=O) groups excluding carboxylic acids is 4. The van der Waals surface area contributed by atoms with E-state index in [1.165, 1.54) is 80.2 Å². The van der Waals surface area contributed by atoms with E-state index in [-0.39, 0.29) is 60.6 Å². The van der Waals surface area contributed by atoms with Crippen LogP contribution < -0.4 is 28.4 Å². The van der Waals surface area contributed by atoms with E-state index in [1.807, 2.05) is 193 Å². The molecule has 4 aromatic heterocycles. The number of amides is 4. The first kappa shape index (κ1) is 106. The fourth-order valence-electron chi connectivity index (χ4n) is 22.7. The minimum absolute atomic E-state index is 0.101. The molecule has 784 valence electrons. The van der Waals surface area contributed by atoms with Gasteiger partial charge in [0.1, 0.15) is 65.3 Å². The first-order valence-corrected chi connectivity index (χ1v) is 54.5. The van der Waals surface area contributed by atoms with Crippen molar-refractivity contribution in [3.05, 3.63) is 317 Å². The van der Waals surface area contributed by atoms with Gasteiger partial charge in [0.15, 0.2) is 0 Å². The third-order valence-electron chi connectivity index (χ3n) is 30.2. The van der Waals surface area contributed by atoms with Crippen LogP contribution in [0, 0.1) is 48.4 Å². The van der Waals surface area contributed by atoms with Crippen LogP contribution in [-0.2, 0) is 35.2 Å². The van der Waals surface area contributed by atoms with Crippen molar-refractivity contribution in [2.24, 2.45) is 29.1 Å². The lowest BCUT2D eigenvalue weighted by atomic mass is 9.92. The van der Waals surface area contributed by atoms with Gasteiger partial charge in [0.25, 0.3) is 0 Å². The third-order valence-corrected chi connectivity index (χ3v) is 31.1. The Morgan fingerprint density at radius 2 is 0.620 bits per heavy atom. The van der Waals surface area contributed by atoms with Gasteiger partial charge in [-0.1, -0.05) is 152 Å². The fraction of sp³-hybridized carbons (Fsp3) is 0.393. The van der Waals surface area contributed by atoms with E-state index in [2.05, 4.69) is 131 Å². The summed E-state index contributed by atoms with van der Waals surface area (Å²) in [6.07, 6.45) is 16.9. The summed E-state index contributed by atoms with van der Waals surface area (Å²) >= 11 is 25.3. The summed E-state index contributed by atoms with van der Waals surface area (Å²) < 4.78 is 47.5. The maximum absolute atomic E-state index is 13.5. The highest BCUT2D eigenvalue weighted by Crippen LogP contribution is 2.47. The number of fused-ring (bicyclic) bond motifs is 12. The molecule has 4 fully saturated rings. The van der Waals surface area contributed by atoms with Crippen molar-refractivity contribution in [3.63, 3.8) is 0 Å². The van der Waals surface area contributed by atoms with Crippen LogP contribution in [0.1, 0.15) is 176 Å². The van der Waals surface area contributed by atoms with Gasteiger partial charge in [-0.3, -0.25) is 19.6 Å². The molecule has 8 atom stereocenters. The Morgan fingerprint density at radius 3 is 0.900 bits per heavy atom. The number of rotatable bonds is 21. The first-order chi connectivity index (χ1) is 72.7. The van der Waals surface area contributed by atoms with Crippen LogP contribution in [0.3, 0.4) is 0 Å². The monoisotopic (exact) mass is 2100 g/mol. The minimum Gasteiger partial charge on any atom is -0.493 e. The van der Waals surface area contributed by atoms with Crippen LogP contribution in [0.25, 0.3) is 43.6 Å². The van der Waals surface area contributed by atoms with Gasteiger partial charge in [0.05, 0.1) is 33.0 Å². The molecule has 8 aliphatic rings. The molecule has 14 aromatic rings. The lowest BCUT2D eigenvalue weighted by Gasteiger charge is -2.36. The molecule has 8 unspecified atom stereocenters. The first-order valence-electron chi connectivity index (χ1n) is 52.9. The number of likely N-dealkylation sites (tertiary alicyclic amines) is 4. The molecule has 0 spiro atoms. The molecule has 28 heteroatoms. The highest BCUT2D eigenvalue weighted by atomic mass is 35.5. The Kier molecular flexibility index (Phi) is 34.0. The summed E-state index contributed by atoms with van der Waals surface area (Å²) in [5, 5.41) is 7.23. The highest BCUT2D eigenvalue weighted by molar-refractivity contribution is 6.32. The molecule has 24 nitrogen and oxygen atoms in total. The largest absolute Gasteiger partial charge is 0.493 e. The second kappa shape index (κ2) is 48.2. The molecule has 0 aliphatic carbocycles. The van der Waals surface area contributed by atoms with Gasteiger partial charge in [-0.25, -0.2) is 19.2 Å². The molecule has 12 heterocycles. The molecule has 0 radical (unpaired) electrons. The van der Waals surface area contributed by atoms with E-state index < -0.39 is 0 Å². The lowest BCUT2D eigenvalue weighted by Crippen LogP contribution is -2.42. The number of nitrogens with zero attached hydrogens (tertiary/aromatic N) is 8. The number of piperidine rings is 4. The highest BCUT2D eigenvalue weighted by Gasteiger charge is 2.42. The number of halogens is 4. The van der Waals surface area contributed by atoms with Crippen molar-refractivity contribution in [2.75, 3.05) is 146 Å². The zero-order valence-electron chi connectivity index (χ0n) is 87.0. The SMILES string of the molecule is C#CCCOC(=O)N1CCc2c([nH]c3ccc(Cl)cc23)C1c1ccc(OCC2CCCN(C)C2)cc1.CN1CCCC(COc2ccc(C3c4[nH]c5ccc(Cl)cc5c4CCN3C(=O)OCC(C)(C)C)cc2)C1.CN1CCCC(COc2ccc(C3c4[nH]c5ccc(Cl)cc5c4CCN3C(=O)Oc3ccccc3)cc2)C1.Cc1ccc(OC(=O)N2CCc3c([nH]c4ccc(Cl)cc34)C2c2ccc(OCC3CCCN(C)C3)cc2)cc1. The Labute approximate surface area is 899 Å². The molecule has 10 aromatic carbocycles. The van der Waals surface area contributed by atoms with Crippen LogP contribution in [-0.4, -0.2) is 230 Å². The molecule has 0 saturated carbocycles. The summed E-state index contributed by atoms with van der Waals surface area (Å²) in [5.41, 5.74) is 17.9. The van der Waals surface area contributed by atoms with Crippen molar-refractivity contribution >= 4 is 114 Å². The Morgan fingerprint density at radius 1 is 0.347 bits per heavy atom. The third kappa shape index (κ3) is 25.6. The predicted octanol–water partition coefficient (Wildman–Crippen LogP) is 26.0. The average molecular weight is 2100 g/mol. The van der Waals surface area contributed by atoms with E-state index in [0.29, 0.717) is 120 Å². The number of ether oxygens (including phenoxy) is 8. The van der Waals surface area contributed by atoms with E-state index in [4.69, 9.17) is 90.7 Å². The molecule has 4 N–H and O–H groups in total. The van der Waals surface area contributed by atoms with Crippen molar-refractivity contribution in [1.29, 1.82) is 0 Å². The molecule has 150 heavy (non-hydrogen) atoms. The van der Waals surface area contributed by atoms with Crippen molar-refractivity contribution in [1.82, 2.24) is 59.1 Å². The summed E-state index contributed by atoms with van der Waals surface area (Å²) in [6.45, 7) is 22.8. The van der Waals surface area contributed by atoms with E-state index in [1.54, 1.807) is 21.9 Å². The van der Waals surface area contributed by atoms with Crippen molar-refractivity contribution in [3.8, 4) is 46.8 Å². The maximum atomic E-state index is 13.5. The quantitative estimate of drug-likeness (QED) is 0.0387. The summed E-state index contributed by atoms with van der Waals surface area (Å²) in [7, 11) is 8.69. The molecule has 8 aliphatic heterocycles. The van der Waals surface area contributed by atoms with Crippen LogP contribution in [0.5, 0.6) is 34.5 Å². The van der Waals surface area contributed by atoms with Gasteiger partial charge in [-0.2, -0.15) is 0 Å². The molecule has 0 bridgehead atoms. The molecular formula is C122H136Cl4N12O12. The number of aryl methyl sites for hydroxylation is 1. The van der Waals surface area contributed by atoms with E-state index in [0.717, 1.165) is 189 Å². The number of hydrogen-bond acceptors (Lipinski definition) is 16. The summed E-state index contributed by atoms with van der Waals surface area (Å²) in [4.78, 5) is 84.4. The lowest BCUT2D eigenvalue weighted by molar-refractivity contribution is 0.0621. The Bertz CT molecular complexity index is 7070. The van der Waals surface area contributed by atoms with Crippen molar-refractivity contribution < 1.29 is 57.1 Å². The van der Waals surface area contributed by atoms with Crippen LogP contribution in [0.15, 0.2) is 224 Å². The Hall–Kier alpha value is -12.8. The van der Waals surface area contributed by atoms with Gasteiger partial charge < -0.3 is 77.4 Å². The van der Waals surface area contributed by atoms with Gasteiger partial charge in [0.2, 0.25) is 0 Å². The van der Waals surface area contributed by atoms with Crippen molar-refractivity contribution in [2.45, 2.75) is 135 Å². The smallest absolute Gasteiger partial charge is 0.416 e. The van der Waals surface area contributed by atoms with Crippen LogP contribution in [0.2, 0.25) is 20.1 Å². The number of H-pyrrole nitrogens is 4. The number of aromatic amines is 4. The maximum Gasteiger partial charge on any atom is 0.416 e. The number of terminal acetylenes is 1. The number of nitrogens with one attached hydrogen (secondary N) is 4. The number of carbonyl (C=O) groups is 4. The Balaban J connectivity index is 0.000000125. The molecular weight excluding hydrogens is 1970 g/mol. The molecule has 4 saturated heterocycles. The predicted molar refractivity (Wildman–Crippen MR) is 596 cm³/mol. The van der Waals surface area contributed by atoms with Crippen LogP contribution in [0.4, 0.5) is 19.2 Å². The van der Waals surface area contributed by atoms with Gasteiger partial charge in [-0.15, -0.1) is 12.3 Å². The van der Waals surface area contributed by atoms with Crippen LogP contribution >= 0.6 is 46.4 Å². The minimum atomic E-state index is -0.370. The number of hydrogen-bond donors (Lipinski definition) is 4. The zero-order valence-corrected chi connectivity index (χ0v) is 90.0. The zero-order chi connectivity index (χ0) is 104. The summed E-state index contributed by atoms with van der Waals surface area (Å²) in [5.74, 6) is 9.20. The van der Waals surface area contributed by atoms with E-state index >= 15 is 0 Å². The standard InChI is InChI=1S/C32H34ClN3O3.C31H32ClN3O3.C30H38ClN3O3.C29H32ClN3O3/c1-21-5-10-26(11-6-21)39-32(37)36-17-15-27-28-18-24(33)9-14-29(28)34-30(27)31(36)23-7-12-25(13-8-23)38-20-22-4-3-16-35(2)19-22;1-34-16-5-6-21(19-34)20-37-24-12-9-22(10-13-24)30-29-26(27-18-23(32)11-14-28(27)33-29)15-17-35(30)31(36)38-25-7-3-2-4-8-25;1-30(2,3)19-37-29(35)34-15-13-24-25-16-22(31)9-12-26(25)32-27(24)28(34)21-7-10-23(11-8-21)36-18-20-6-5-14-33(4)17-20;1-3-4-16-35-29(34)33-15-13-24-25-17-22(30)9-12-26(25)31-27(24)28(33)21-7-10-23(11-8-21)36-19-20-6-5-14-32(2)18-20/h5-14,18,22,31,34H,3-4,15-17,19-20H2,1-2H3;2-4,7-14,18,21,30,33H,5-6,15-17,19-20H2,1H3;7-12,16,20,28,32H,5-6,13-15,17-19H2,1-4H3;1,7-12,17,20,28,31H,4-6,13-16,18-19H2,2H3. The fourth-order valence-corrected chi connectivity index (χ4v) is 23.4. The average Bonchev–Trinajstić information content (AvgIpc) is 1.62. The number of aromatic nitrogens is 4. The van der Waals surface area contributed by atoms with Gasteiger partial charge >= 0.3 is 24.4 Å². The molecule has 4 amide bonds. The molecule has 22 rings (SSSR count). The number of para-hydroxylation sites is 1. The second-order valence-corrected chi connectivity index (χ2v) is 44.6. The van der Waals surface area contributed by atoms with Gasteiger partial charge in [0, 0.05) is 169 Å².